The van der Waals surface area contributed by atoms with E-state index in [-0.39, 0.29) is 18.9 Å². The van der Waals surface area contributed by atoms with Gasteiger partial charge >= 0.3 is 5.97 Å². The number of nitrogens with one attached hydrogen (secondary N) is 1. The van der Waals surface area contributed by atoms with E-state index >= 15 is 0 Å². The van der Waals surface area contributed by atoms with E-state index in [0.29, 0.717) is 6.61 Å². The normalized spacial score (nSPS) is 17.2. The number of hydrogen-bond acceptors (Lipinski definition) is 3. The lowest BCUT2D eigenvalue weighted by Crippen LogP contribution is -2.55. The first-order valence-corrected chi connectivity index (χ1v) is 6.18. The number of hydrogen-bond donors (Lipinski definition) is 2. The van der Waals surface area contributed by atoms with Gasteiger partial charge in [0, 0.05) is 6.61 Å². The third kappa shape index (κ3) is 4.73. The molecule has 1 rings (SSSR count). The van der Waals surface area contributed by atoms with E-state index in [9.17, 15) is 9.59 Å². The maximum Gasteiger partial charge on any atom is 0.305 e. The number of ether oxygens (including phenoxy) is 1. The summed E-state index contributed by atoms with van der Waals surface area (Å²) >= 11 is 0. The monoisotopic (exact) mass is 243 g/mol. The molecule has 0 bridgehead atoms. The van der Waals surface area contributed by atoms with Crippen LogP contribution >= 0.6 is 0 Å². The van der Waals surface area contributed by atoms with Gasteiger partial charge in [0.2, 0.25) is 5.91 Å². The van der Waals surface area contributed by atoms with Crippen LogP contribution in [0.4, 0.5) is 0 Å². The second-order valence-corrected chi connectivity index (χ2v) is 4.66. The average Bonchev–Trinajstić information content (AvgIpc) is 2.20. The molecule has 1 aliphatic rings. The van der Waals surface area contributed by atoms with Crippen molar-refractivity contribution in [3.05, 3.63) is 0 Å². The molecule has 0 aliphatic heterocycles. The van der Waals surface area contributed by atoms with Crippen molar-refractivity contribution >= 4 is 11.9 Å². The maximum absolute atomic E-state index is 11.6. The van der Waals surface area contributed by atoms with Crippen LogP contribution < -0.4 is 5.32 Å². The van der Waals surface area contributed by atoms with Crippen molar-refractivity contribution in [3.63, 3.8) is 0 Å². The second kappa shape index (κ2) is 6.59. The van der Waals surface area contributed by atoms with E-state index in [1.165, 1.54) is 0 Å². The van der Waals surface area contributed by atoms with E-state index in [2.05, 4.69) is 12.2 Å². The van der Waals surface area contributed by atoms with E-state index < -0.39 is 11.5 Å². The molecule has 1 aliphatic carbocycles. The molecule has 1 fully saturated rings. The SMILES string of the molecule is CCCCOCC(=O)NC1(CC(=O)O)CCC1. The minimum absolute atomic E-state index is 0.00764. The Morgan fingerprint density at radius 3 is 2.59 bits per heavy atom. The fourth-order valence-electron chi connectivity index (χ4n) is 1.98. The van der Waals surface area contributed by atoms with Crippen molar-refractivity contribution in [1.82, 2.24) is 5.32 Å². The molecule has 5 nitrogen and oxygen atoms in total. The molecule has 0 aromatic carbocycles. The number of carbonyl (C=O) groups is 2. The summed E-state index contributed by atoms with van der Waals surface area (Å²) in [6.07, 6.45) is 4.45. The Labute approximate surface area is 102 Å². The van der Waals surface area contributed by atoms with Gasteiger partial charge in [-0.05, 0) is 25.7 Å². The Kier molecular flexibility index (Phi) is 5.41. The topological polar surface area (TPSA) is 75.6 Å². The predicted molar refractivity (Wildman–Crippen MR) is 62.7 cm³/mol. The summed E-state index contributed by atoms with van der Waals surface area (Å²) in [7, 11) is 0. The zero-order valence-electron chi connectivity index (χ0n) is 10.3. The van der Waals surface area contributed by atoms with Crippen LogP contribution in [0.15, 0.2) is 0 Å². The van der Waals surface area contributed by atoms with Gasteiger partial charge in [0.15, 0.2) is 0 Å². The maximum atomic E-state index is 11.6. The molecule has 1 amide bonds. The van der Waals surface area contributed by atoms with Gasteiger partial charge in [-0.1, -0.05) is 13.3 Å². The highest BCUT2D eigenvalue weighted by Gasteiger charge is 2.40. The van der Waals surface area contributed by atoms with Gasteiger partial charge in [-0.15, -0.1) is 0 Å². The van der Waals surface area contributed by atoms with Crippen LogP contribution in [0.5, 0.6) is 0 Å². The lowest BCUT2D eigenvalue weighted by Gasteiger charge is -2.41. The summed E-state index contributed by atoms with van der Waals surface area (Å²) < 4.78 is 5.20. The fraction of sp³-hybridized carbons (Fsp3) is 0.833. The molecule has 0 spiro atoms. The van der Waals surface area contributed by atoms with Crippen LogP contribution in [0.25, 0.3) is 0 Å². The zero-order valence-corrected chi connectivity index (χ0v) is 10.3. The van der Waals surface area contributed by atoms with Crippen molar-refractivity contribution in [1.29, 1.82) is 0 Å². The third-order valence-corrected chi connectivity index (χ3v) is 3.08. The standard InChI is InChI=1S/C12H21NO4/c1-2-3-7-17-9-10(14)13-12(5-4-6-12)8-11(15)16/h2-9H2,1H3,(H,13,14)(H,15,16). The number of aliphatic carboxylic acids is 1. The minimum atomic E-state index is -0.864. The smallest absolute Gasteiger partial charge is 0.305 e. The Bertz CT molecular complexity index is 274. The number of amides is 1. The molecule has 0 heterocycles. The molecule has 0 saturated heterocycles. The zero-order chi connectivity index (χ0) is 12.7. The lowest BCUT2D eigenvalue weighted by atomic mass is 9.74. The predicted octanol–water partition coefficient (Wildman–Crippen LogP) is 1.32. The number of unbranched alkanes of at least 4 members (excludes halogenated alkanes) is 1. The van der Waals surface area contributed by atoms with Gasteiger partial charge in [0.1, 0.15) is 6.61 Å². The number of carbonyl (C=O) groups excluding carboxylic acids is 1. The highest BCUT2D eigenvalue weighted by molar-refractivity contribution is 5.79. The lowest BCUT2D eigenvalue weighted by molar-refractivity contribution is -0.141. The van der Waals surface area contributed by atoms with Gasteiger partial charge in [-0.2, -0.15) is 0 Å². The van der Waals surface area contributed by atoms with Crippen LogP contribution in [-0.2, 0) is 14.3 Å². The molecule has 0 unspecified atom stereocenters. The molecule has 2 N–H and O–H groups in total. The molecule has 1 saturated carbocycles. The number of carboxylic acids is 1. The Morgan fingerprint density at radius 1 is 1.41 bits per heavy atom. The fourth-order valence-corrected chi connectivity index (χ4v) is 1.98. The highest BCUT2D eigenvalue weighted by Crippen LogP contribution is 2.34. The summed E-state index contributed by atoms with van der Waals surface area (Å²) in [6, 6.07) is 0. The molecule has 0 radical (unpaired) electrons. The van der Waals surface area contributed by atoms with Gasteiger partial charge in [-0.3, -0.25) is 9.59 Å². The molecule has 5 heteroatoms. The summed E-state index contributed by atoms with van der Waals surface area (Å²) in [4.78, 5) is 22.3. The Morgan fingerprint density at radius 2 is 2.12 bits per heavy atom. The summed E-state index contributed by atoms with van der Waals surface area (Å²) in [6.45, 7) is 2.66. The van der Waals surface area contributed by atoms with Crippen molar-refractivity contribution in [2.45, 2.75) is 51.0 Å². The van der Waals surface area contributed by atoms with Gasteiger partial charge in [0.05, 0.1) is 12.0 Å². The largest absolute Gasteiger partial charge is 0.481 e. The van der Waals surface area contributed by atoms with E-state index in [1.807, 2.05) is 0 Å². The summed E-state index contributed by atoms with van der Waals surface area (Å²) in [5, 5.41) is 11.6. The average molecular weight is 243 g/mol. The van der Waals surface area contributed by atoms with Crippen LogP contribution in [0.3, 0.4) is 0 Å². The Hall–Kier alpha value is -1.10. The van der Waals surface area contributed by atoms with Crippen molar-refractivity contribution in [2.24, 2.45) is 0 Å². The molecular formula is C12H21NO4. The van der Waals surface area contributed by atoms with Crippen molar-refractivity contribution < 1.29 is 19.4 Å². The molecule has 0 atom stereocenters. The van der Waals surface area contributed by atoms with Crippen LogP contribution in [0.2, 0.25) is 0 Å². The highest BCUT2D eigenvalue weighted by atomic mass is 16.5. The van der Waals surface area contributed by atoms with Gasteiger partial charge in [0.25, 0.3) is 0 Å². The molecule has 0 aromatic rings. The first-order chi connectivity index (χ1) is 8.08. The quantitative estimate of drug-likeness (QED) is 0.630. The molecule has 0 aromatic heterocycles. The van der Waals surface area contributed by atoms with Crippen LogP contribution in [0, 0.1) is 0 Å². The van der Waals surface area contributed by atoms with Crippen molar-refractivity contribution in [3.8, 4) is 0 Å². The summed E-state index contributed by atoms with van der Waals surface area (Å²) in [5.41, 5.74) is -0.517. The van der Waals surface area contributed by atoms with Gasteiger partial charge < -0.3 is 15.2 Å². The molecular weight excluding hydrogens is 222 g/mol. The van der Waals surface area contributed by atoms with E-state index in [1.54, 1.807) is 0 Å². The van der Waals surface area contributed by atoms with Crippen LogP contribution in [0.1, 0.15) is 45.4 Å². The first-order valence-electron chi connectivity index (χ1n) is 6.18. The minimum Gasteiger partial charge on any atom is -0.481 e. The summed E-state index contributed by atoms with van der Waals surface area (Å²) in [5.74, 6) is -1.07. The molecule has 17 heavy (non-hydrogen) atoms. The van der Waals surface area contributed by atoms with Gasteiger partial charge in [-0.25, -0.2) is 0 Å². The number of rotatable bonds is 8. The van der Waals surface area contributed by atoms with E-state index in [4.69, 9.17) is 9.84 Å². The first kappa shape index (κ1) is 14.0. The van der Waals surface area contributed by atoms with Crippen molar-refractivity contribution in [2.75, 3.05) is 13.2 Å². The van der Waals surface area contributed by atoms with Crippen LogP contribution in [-0.4, -0.2) is 35.7 Å². The Balaban J connectivity index is 2.25. The third-order valence-electron chi connectivity index (χ3n) is 3.08. The number of carboxylic acid groups (broad SMARTS) is 1. The second-order valence-electron chi connectivity index (χ2n) is 4.66. The van der Waals surface area contributed by atoms with E-state index in [0.717, 1.165) is 32.1 Å². The molecule has 98 valence electrons.